The lowest BCUT2D eigenvalue weighted by molar-refractivity contribution is 0.0951. The highest BCUT2D eigenvalue weighted by atomic mass is 16.5. The number of nitrogens with zero attached hydrogens (tertiary/aromatic N) is 1. The zero-order valence-corrected chi connectivity index (χ0v) is 6.77. The van der Waals surface area contributed by atoms with Crippen molar-refractivity contribution < 1.29 is 14.9 Å². The van der Waals surface area contributed by atoms with Crippen molar-refractivity contribution in [3.63, 3.8) is 0 Å². The van der Waals surface area contributed by atoms with Crippen LogP contribution >= 0.6 is 0 Å². The van der Waals surface area contributed by atoms with E-state index in [1.165, 1.54) is 19.5 Å². The minimum absolute atomic E-state index is 0.311. The standard InChI is InChI=1S/C8H11NO3/c1-12-7-2-6(3-9-4-7)8(11)5-10/h2-4,8,10-11H,5H2,1H3. The number of hydrogen-bond donors (Lipinski definition) is 2. The highest BCUT2D eigenvalue weighted by molar-refractivity contribution is 5.24. The summed E-state index contributed by atoms with van der Waals surface area (Å²) in [5, 5.41) is 17.8. The summed E-state index contributed by atoms with van der Waals surface area (Å²) >= 11 is 0. The van der Waals surface area contributed by atoms with Gasteiger partial charge in [0.15, 0.2) is 0 Å². The Morgan fingerprint density at radius 3 is 2.92 bits per heavy atom. The van der Waals surface area contributed by atoms with Gasteiger partial charge in [-0.05, 0) is 6.07 Å². The number of hydrogen-bond acceptors (Lipinski definition) is 4. The summed E-state index contributed by atoms with van der Waals surface area (Å²) < 4.78 is 4.89. The van der Waals surface area contributed by atoms with Crippen LogP contribution in [-0.4, -0.2) is 28.9 Å². The Kier molecular flexibility index (Phi) is 3.01. The Morgan fingerprint density at radius 2 is 2.33 bits per heavy atom. The van der Waals surface area contributed by atoms with Crippen LogP contribution in [0.3, 0.4) is 0 Å². The summed E-state index contributed by atoms with van der Waals surface area (Å²) in [5.74, 6) is 0.569. The van der Waals surface area contributed by atoms with Crippen LogP contribution in [0.4, 0.5) is 0 Å². The van der Waals surface area contributed by atoms with Gasteiger partial charge in [-0.3, -0.25) is 4.98 Å². The van der Waals surface area contributed by atoms with Gasteiger partial charge in [0.2, 0.25) is 0 Å². The molecule has 0 aromatic carbocycles. The van der Waals surface area contributed by atoms with Gasteiger partial charge in [-0.25, -0.2) is 0 Å². The quantitative estimate of drug-likeness (QED) is 0.674. The Morgan fingerprint density at radius 1 is 1.58 bits per heavy atom. The van der Waals surface area contributed by atoms with Crippen molar-refractivity contribution in [2.75, 3.05) is 13.7 Å². The van der Waals surface area contributed by atoms with Crippen molar-refractivity contribution in [3.05, 3.63) is 24.0 Å². The number of aromatic nitrogens is 1. The molecule has 0 aliphatic heterocycles. The van der Waals surface area contributed by atoms with Crippen molar-refractivity contribution in [2.45, 2.75) is 6.10 Å². The van der Waals surface area contributed by atoms with Crippen LogP contribution in [0.1, 0.15) is 11.7 Å². The van der Waals surface area contributed by atoms with Gasteiger partial charge in [0, 0.05) is 11.8 Å². The molecule has 0 bridgehead atoms. The summed E-state index contributed by atoms with van der Waals surface area (Å²) in [5.41, 5.74) is 0.553. The summed E-state index contributed by atoms with van der Waals surface area (Å²) in [7, 11) is 1.52. The van der Waals surface area contributed by atoms with E-state index in [0.717, 1.165) is 0 Å². The number of ether oxygens (including phenoxy) is 1. The van der Waals surface area contributed by atoms with Crippen molar-refractivity contribution in [1.82, 2.24) is 4.98 Å². The predicted octanol–water partition coefficient (Wildman–Crippen LogP) is 0.116. The van der Waals surface area contributed by atoms with Gasteiger partial charge in [0.1, 0.15) is 11.9 Å². The summed E-state index contributed by atoms with van der Waals surface area (Å²) in [6.07, 6.45) is 2.14. The van der Waals surface area contributed by atoms with Crippen molar-refractivity contribution in [1.29, 1.82) is 0 Å². The number of aliphatic hydroxyl groups excluding tert-OH is 2. The molecule has 0 fully saturated rings. The average molecular weight is 169 g/mol. The molecular weight excluding hydrogens is 158 g/mol. The van der Waals surface area contributed by atoms with E-state index < -0.39 is 6.10 Å². The lowest BCUT2D eigenvalue weighted by Gasteiger charge is -2.07. The monoisotopic (exact) mass is 169 g/mol. The number of pyridine rings is 1. The second-order valence-corrected chi connectivity index (χ2v) is 2.36. The topological polar surface area (TPSA) is 62.6 Å². The van der Waals surface area contributed by atoms with Gasteiger partial charge < -0.3 is 14.9 Å². The maximum atomic E-state index is 9.20. The van der Waals surface area contributed by atoms with Crippen LogP contribution in [0.2, 0.25) is 0 Å². The maximum Gasteiger partial charge on any atom is 0.137 e. The van der Waals surface area contributed by atoms with Crippen molar-refractivity contribution in [3.8, 4) is 5.75 Å². The number of aliphatic hydroxyl groups is 2. The van der Waals surface area contributed by atoms with Gasteiger partial charge >= 0.3 is 0 Å². The Balaban J connectivity index is 2.86. The van der Waals surface area contributed by atoms with E-state index in [0.29, 0.717) is 11.3 Å². The zero-order valence-electron chi connectivity index (χ0n) is 6.77. The van der Waals surface area contributed by atoms with E-state index in [2.05, 4.69) is 4.98 Å². The first kappa shape index (κ1) is 8.96. The summed E-state index contributed by atoms with van der Waals surface area (Å²) in [6.45, 7) is -0.311. The fourth-order valence-corrected chi connectivity index (χ4v) is 0.835. The van der Waals surface area contributed by atoms with E-state index in [-0.39, 0.29) is 6.61 Å². The van der Waals surface area contributed by atoms with E-state index in [9.17, 15) is 5.11 Å². The molecule has 1 atom stereocenters. The maximum absolute atomic E-state index is 9.20. The van der Waals surface area contributed by atoms with E-state index >= 15 is 0 Å². The highest BCUT2D eigenvalue weighted by Gasteiger charge is 2.06. The number of rotatable bonds is 3. The van der Waals surface area contributed by atoms with Crippen LogP contribution in [0, 0.1) is 0 Å². The van der Waals surface area contributed by atoms with E-state index in [4.69, 9.17) is 9.84 Å². The molecule has 0 radical (unpaired) electrons. The SMILES string of the molecule is COc1cncc(C(O)CO)c1. The molecule has 0 aliphatic rings. The second-order valence-electron chi connectivity index (χ2n) is 2.36. The molecule has 0 saturated heterocycles. The molecule has 1 heterocycles. The molecule has 1 rings (SSSR count). The molecule has 4 heteroatoms. The van der Waals surface area contributed by atoms with Gasteiger partial charge in [0.05, 0.1) is 19.9 Å². The largest absolute Gasteiger partial charge is 0.495 e. The molecule has 0 aliphatic carbocycles. The lowest BCUT2D eigenvalue weighted by atomic mass is 10.2. The predicted molar refractivity (Wildman–Crippen MR) is 42.8 cm³/mol. The molecule has 0 saturated carbocycles. The smallest absolute Gasteiger partial charge is 0.137 e. The molecule has 0 spiro atoms. The van der Waals surface area contributed by atoms with Crippen LogP contribution in [0.15, 0.2) is 18.5 Å². The fraction of sp³-hybridized carbons (Fsp3) is 0.375. The first-order chi connectivity index (χ1) is 5.77. The molecule has 1 unspecified atom stereocenters. The Hall–Kier alpha value is -1.13. The highest BCUT2D eigenvalue weighted by Crippen LogP contribution is 2.16. The molecule has 12 heavy (non-hydrogen) atoms. The van der Waals surface area contributed by atoms with Crippen LogP contribution in [0.5, 0.6) is 5.75 Å². The molecule has 4 nitrogen and oxygen atoms in total. The summed E-state index contributed by atoms with van der Waals surface area (Å²) in [6, 6.07) is 1.63. The first-order valence-electron chi connectivity index (χ1n) is 3.55. The second kappa shape index (κ2) is 4.04. The van der Waals surface area contributed by atoms with Gasteiger partial charge in [-0.2, -0.15) is 0 Å². The minimum atomic E-state index is -0.882. The van der Waals surface area contributed by atoms with E-state index in [1.807, 2.05) is 0 Å². The molecule has 1 aromatic rings. The van der Waals surface area contributed by atoms with Gasteiger partial charge in [-0.15, -0.1) is 0 Å². The van der Waals surface area contributed by atoms with E-state index in [1.54, 1.807) is 6.07 Å². The van der Waals surface area contributed by atoms with Crippen molar-refractivity contribution in [2.24, 2.45) is 0 Å². The van der Waals surface area contributed by atoms with Crippen LogP contribution < -0.4 is 4.74 Å². The normalized spacial score (nSPS) is 12.6. The Bertz CT molecular complexity index is 252. The average Bonchev–Trinajstić information content (AvgIpc) is 2.17. The van der Waals surface area contributed by atoms with Crippen LogP contribution in [0.25, 0.3) is 0 Å². The first-order valence-corrected chi connectivity index (χ1v) is 3.55. The third-order valence-corrected chi connectivity index (χ3v) is 1.53. The molecule has 0 amide bonds. The minimum Gasteiger partial charge on any atom is -0.495 e. The van der Waals surface area contributed by atoms with Crippen LogP contribution in [-0.2, 0) is 0 Å². The van der Waals surface area contributed by atoms with Gasteiger partial charge in [-0.1, -0.05) is 0 Å². The van der Waals surface area contributed by atoms with Crippen molar-refractivity contribution >= 4 is 0 Å². The molecule has 2 N–H and O–H groups in total. The third-order valence-electron chi connectivity index (χ3n) is 1.53. The lowest BCUT2D eigenvalue weighted by Crippen LogP contribution is -2.03. The molecule has 1 aromatic heterocycles. The number of methoxy groups -OCH3 is 1. The van der Waals surface area contributed by atoms with Gasteiger partial charge in [0.25, 0.3) is 0 Å². The molecular formula is C8H11NO3. The summed E-state index contributed by atoms with van der Waals surface area (Å²) in [4.78, 5) is 3.83. The fourth-order valence-electron chi connectivity index (χ4n) is 0.835. The zero-order chi connectivity index (χ0) is 8.97. The Labute approximate surface area is 70.4 Å². The third kappa shape index (κ3) is 1.93. The molecule has 66 valence electrons.